The van der Waals surface area contributed by atoms with Crippen LogP contribution in [0.1, 0.15) is 41.2 Å². The molecule has 0 radical (unpaired) electrons. The SMILES string of the molecule is CCN(CC)S(=O)(=O)c1cccc(C(=O)N/N=C/c2c(C)nn(-c3ccccc3)c2C)c1. The fourth-order valence-corrected chi connectivity index (χ4v) is 4.90. The van der Waals surface area contributed by atoms with E-state index in [1.807, 2.05) is 48.9 Å². The Kier molecular flexibility index (Phi) is 7.22. The van der Waals surface area contributed by atoms with Gasteiger partial charge in [0.25, 0.3) is 5.91 Å². The molecule has 2 aromatic carbocycles. The number of nitrogens with one attached hydrogen (secondary N) is 1. The topological polar surface area (TPSA) is 96.7 Å². The number of benzene rings is 2. The Bertz CT molecular complexity index is 1230. The van der Waals surface area contributed by atoms with Gasteiger partial charge in [-0.3, -0.25) is 4.79 Å². The third-order valence-corrected chi connectivity index (χ3v) is 7.19. The Morgan fingerprint density at radius 2 is 1.78 bits per heavy atom. The van der Waals surface area contributed by atoms with Gasteiger partial charge in [-0.15, -0.1) is 0 Å². The van der Waals surface area contributed by atoms with Gasteiger partial charge in [0, 0.05) is 24.2 Å². The largest absolute Gasteiger partial charge is 0.271 e. The van der Waals surface area contributed by atoms with Crippen molar-refractivity contribution in [2.24, 2.45) is 5.10 Å². The highest BCUT2D eigenvalue weighted by atomic mass is 32.2. The van der Waals surface area contributed by atoms with Gasteiger partial charge >= 0.3 is 0 Å². The van der Waals surface area contributed by atoms with Crippen LogP contribution in [0.15, 0.2) is 64.6 Å². The van der Waals surface area contributed by atoms with Gasteiger partial charge < -0.3 is 0 Å². The van der Waals surface area contributed by atoms with Crippen LogP contribution in [0, 0.1) is 13.8 Å². The number of nitrogens with zero attached hydrogens (tertiary/aromatic N) is 4. The number of hydrogen-bond donors (Lipinski definition) is 1. The number of rotatable bonds is 8. The second-order valence-corrected chi connectivity index (χ2v) is 9.09. The highest BCUT2D eigenvalue weighted by Gasteiger charge is 2.22. The summed E-state index contributed by atoms with van der Waals surface area (Å²) < 4.78 is 28.6. The minimum atomic E-state index is -3.65. The van der Waals surface area contributed by atoms with Crippen molar-refractivity contribution < 1.29 is 13.2 Å². The van der Waals surface area contributed by atoms with E-state index in [0.717, 1.165) is 22.6 Å². The van der Waals surface area contributed by atoms with E-state index in [1.165, 1.54) is 16.4 Å². The van der Waals surface area contributed by atoms with E-state index < -0.39 is 15.9 Å². The summed E-state index contributed by atoms with van der Waals surface area (Å²) in [5, 5.41) is 8.62. The zero-order valence-electron chi connectivity index (χ0n) is 18.6. The lowest BCUT2D eigenvalue weighted by molar-refractivity contribution is 0.0955. The van der Waals surface area contributed by atoms with E-state index in [9.17, 15) is 13.2 Å². The van der Waals surface area contributed by atoms with Crippen LogP contribution in [0.5, 0.6) is 0 Å². The van der Waals surface area contributed by atoms with Gasteiger partial charge in [-0.25, -0.2) is 18.5 Å². The Labute approximate surface area is 188 Å². The zero-order valence-corrected chi connectivity index (χ0v) is 19.4. The number of aromatic nitrogens is 2. The van der Waals surface area contributed by atoms with E-state index in [2.05, 4.69) is 15.6 Å². The molecular weight excluding hydrogens is 426 g/mol. The molecule has 1 N–H and O–H groups in total. The standard InChI is InChI=1S/C23H27N5O3S/c1-5-27(6-2)32(30,31)21-14-10-11-19(15-21)23(29)25-24-16-22-17(3)26-28(18(22)4)20-12-8-7-9-13-20/h7-16H,5-6H2,1-4H3,(H,25,29)/b24-16+. The van der Waals surface area contributed by atoms with Gasteiger partial charge in [0.15, 0.2) is 0 Å². The molecule has 32 heavy (non-hydrogen) atoms. The molecule has 9 heteroatoms. The van der Waals surface area contributed by atoms with Crippen LogP contribution in [-0.4, -0.2) is 47.7 Å². The summed E-state index contributed by atoms with van der Waals surface area (Å²) >= 11 is 0. The molecule has 1 amide bonds. The summed E-state index contributed by atoms with van der Waals surface area (Å²) in [6, 6.07) is 15.7. The first kappa shape index (κ1) is 23.4. The van der Waals surface area contributed by atoms with Crippen molar-refractivity contribution >= 4 is 22.1 Å². The first-order valence-corrected chi connectivity index (χ1v) is 11.8. The van der Waals surface area contributed by atoms with Crippen molar-refractivity contribution in [1.29, 1.82) is 0 Å². The molecule has 0 bridgehead atoms. The molecule has 0 saturated heterocycles. The maximum absolute atomic E-state index is 12.7. The number of amides is 1. The van der Waals surface area contributed by atoms with Crippen LogP contribution < -0.4 is 5.43 Å². The van der Waals surface area contributed by atoms with Crippen LogP contribution in [0.4, 0.5) is 0 Å². The normalized spacial score (nSPS) is 11.9. The van der Waals surface area contributed by atoms with Crippen LogP contribution >= 0.6 is 0 Å². The van der Waals surface area contributed by atoms with Crippen molar-refractivity contribution in [1.82, 2.24) is 19.5 Å². The van der Waals surface area contributed by atoms with Crippen LogP contribution in [0.25, 0.3) is 5.69 Å². The summed E-state index contributed by atoms with van der Waals surface area (Å²) in [7, 11) is -3.65. The molecule has 0 atom stereocenters. The number of aryl methyl sites for hydroxylation is 1. The van der Waals surface area contributed by atoms with Gasteiger partial charge in [-0.2, -0.15) is 14.5 Å². The van der Waals surface area contributed by atoms with E-state index >= 15 is 0 Å². The number of carbonyl (C=O) groups is 1. The van der Waals surface area contributed by atoms with Gasteiger partial charge in [-0.05, 0) is 44.2 Å². The van der Waals surface area contributed by atoms with E-state index in [1.54, 1.807) is 32.2 Å². The Morgan fingerprint density at radius 1 is 1.09 bits per heavy atom. The van der Waals surface area contributed by atoms with Crippen LogP contribution in [0.3, 0.4) is 0 Å². The highest BCUT2D eigenvalue weighted by Crippen LogP contribution is 2.18. The van der Waals surface area contributed by atoms with E-state index in [-0.39, 0.29) is 10.5 Å². The summed E-state index contributed by atoms with van der Waals surface area (Å²) in [6.45, 7) is 8.06. The molecule has 0 aliphatic heterocycles. The minimum Gasteiger partial charge on any atom is -0.267 e. The lowest BCUT2D eigenvalue weighted by Crippen LogP contribution is -2.30. The van der Waals surface area contributed by atoms with Crippen molar-refractivity contribution in [3.05, 3.63) is 77.1 Å². The first-order valence-electron chi connectivity index (χ1n) is 10.3. The Balaban J connectivity index is 1.78. The summed E-state index contributed by atoms with van der Waals surface area (Å²) in [5.74, 6) is -0.497. The molecule has 0 saturated carbocycles. The monoisotopic (exact) mass is 453 g/mol. The molecule has 168 valence electrons. The third-order valence-electron chi connectivity index (χ3n) is 5.15. The molecule has 3 rings (SSSR count). The average Bonchev–Trinajstić information content (AvgIpc) is 3.08. The van der Waals surface area contributed by atoms with Crippen molar-refractivity contribution in [3.8, 4) is 5.69 Å². The van der Waals surface area contributed by atoms with Crippen molar-refractivity contribution in [3.63, 3.8) is 0 Å². The zero-order chi connectivity index (χ0) is 23.3. The smallest absolute Gasteiger partial charge is 0.267 e. The third kappa shape index (κ3) is 4.79. The van der Waals surface area contributed by atoms with Gasteiger partial charge in [0.2, 0.25) is 10.0 Å². The maximum atomic E-state index is 12.7. The molecule has 0 spiro atoms. The second-order valence-electron chi connectivity index (χ2n) is 7.15. The van der Waals surface area contributed by atoms with E-state index in [0.29, 0.717) is 13.1 Å². The second kappa shape index (κ2) is 9.88. The number of hydrogen-bond acceptors (Lipinski definition) is 5. The molecule has 0 fully saturated rings. The predicted molar refractivity (Wildman–Crippen MR) is 125 cm³/mol. The maximum Gasteiger partial charge on any atom is 0.271 e. The average molecular weight is 454 g/mol. The fourth-order valence-electron chi connectivity index (χ4n) is 3.39. The number of para-hydroxylation sites is 1. The van der Waals surface area contributed by atoms with Crippen LogP contribution in [-0.2, 0) is 10.0 Å². The lowest BCUT2D eigenvalue weighted by atomic mass is 10.2. The first-order chi connectivity index (χ1) is 15.3. The van der Waals surface area contributed by atoms with E-state index in [4.69, 9.17) is 0 Å². The molecule has 8 nitrogen and oxygen atoms in total. The summed E-state index contributed by atoms with van der Waals surface area (Å²) in [5.41, 5.74) is 6.08. The number of hydrazone groups is 1. The molecule has 1 aromatic heterocycles. The quantitative estimate of drug-likeness (QED) is 0.418. The predicted octanol–water partition coefficient (Wildman–Crippen LogP) is 3.28. The molecular formula is C23H27N5O3S. The Morgan fingerprint density at radius 3 is 2.44 bits per heavy atom. The van der Waals surface area contributed by atoms with Gasteiger partial charge in [-0.1, -0.05) is 38.1 Å². The Hall–Kier alpha value is -3.30. The van der Waals surface area contributed by atoms with Crippen LogP contribution in [0.2, 0.25) is 0 Å². The molecule has 0 aliphatic carbocycles. The van der Waals surface area contributed by atoms with Crippen molar-refractivity contribution in [2.45, 2.75) is 32.6 Å². The van der Waals surface area contributed by atoms with Crippen molar-refractivity contribution in [2.75, 3.05) is 13.1 Å². The lowest BCUT2D eigenvalue weighted by Gasteiger charge is -2.18. The molecule has 3 aromatic rings. The molecule has 0 aliphatic rings. The fraction of sp³-hybridized carbons (Fsp3) is 0.261. The summed E-state index contributed by atoms with van der Waals surface area (Å²) in [4.78, 5) is 12.6. The number of sulfonamides is 1. The van der Waals surface area contributed by atoms with Gasteiger partial charge in [0.1, 0.15) is 0 Å². The minimum absolute atomic E-state index is 0.0775. The highest BCUT2D eigenvalue weighted by molar-refractivity contribution is 7.89. The molecule has 0 unspecified atom stereocenters. The number of carbonyl (C=O) groups excluding carboxylic acids is 1. The summed E-state index contributed by atoms with van der Waals surface area (Å²) in [6.07, 6.45) is 1.55. The molecule has 1 heterocycles. The van der Waals surface area contributed by atoms with Gasteiger partial charge in [0.05, 0.1) is 28.2 Å².